The molecule has 0 heterocycles. The molecule has 0 aliphatic carbocycles. The van der Waals surface area contributed by atoms with E-state index in [0.29, 0.717) is 12.8 Å². The fourth-order valence-electron chi connectivity index (χ4n) is 5.35. The quantitative estimate of drug-likeness (QED) is 0.0263. The Balaban J connectivity index is 4.31. The maximum absolute atomic E-state index is 12.7. The monoisotopic (exact) mass is 662 g/mol. The first-order valence-electron chi connectivity index (χ1n) is 18.4. The predicted octanol–water partition coefficient (Wildman–Crippen LogP) is 8.24. The van der Waals surface area contributed by atoms with Crippen molar-refractivity contribution in [1.82, 2.24) is 5.32 Å². The number of rotatable bonds is 34. The number of carbonyl (C=O) groups excluding carboxylic acids is 1. The number of hydrogen-bond donors (Lipinski definition) is 5. The lowest BCUT2D eigenvalue weighted by molar-refractivity contribution is -0.125. The number of hydrogen-bond acceptors (Lipinski definition) is 7. The van der Waals surface area contributed by atoms with Crippen molar-refractivity contribution in [2.45, 2.75) is 186 Å². The second kappa shape index (κ2) is 31.8. The van der Waals surface area contributed by atoms with E-state index >= 15 is 0 Å². The van der Waals surface area contributed by atoms with Gasteiger partial charge in [-0.1, -0.05) is 135 Å². The SMILES string of the molecule is CCCCCCCC/C=C\CCCCCCCC(O)CC(=O)NC(COP(=O)(O)OCCN)C(O)CCCCCCCCCC. The van der Waals surface area contributed by atoms with E-state index in [1.165, 1.54) is 89.9 Å². The fraction of sp³-hybridized carbons (Fsp3) is 0.914. The molecule has 0 saturated carbocycles. The molecule has 0 radical (unpaired) electrons. The number of unbranched alkanes of at least 4 members (excludes halogenated alkanes) is 18. The molecule has 4 atom stereocenters. The summed E-state index contributed by atoms with van der Waals surface area (Å²) in [6, 6.07) is -0.893. The first-order chi connectivity index (χ1) is 21.8. The summed E-state index contributed by atoms with van der Waals surface area (Å²) in [5.41, 5.74) is 5.33. The van der Waals surface area contributed by atoms with E-state index in [1.807, 2.05) is 0 Å². The summed E-state index contributed by atoms with van der Waals surface area (Å²) < 4.78 is 21.9. The molecule has 1 amide bonds. The van der Waals surface area contributed by atoms with Crippen LogP contribution >= 0.6 is 7.82 Å². The van der Waals surface area contributed by atoms with Crippen molar-refractivity contribution in [2.24, 2.45) is 5.73 Å². The molecule has 45 heavy (non-hydrogen) atoms. The summed E-state index contributed by atoms with van der Waals surface area (Å²) in [5.74, 6) is -0.422. The van der Waals surface area contributed by atoms with Crippen molar-refractivity contribution in [3.05, 3.63) is 12.2 Å². The number of aliphatic hydroxyl groups excluding tert-OH is 2. The van der Waals surface area contributed by atoms with Crippen LogP contribution in [0.5, 0.6) is 0 Å². The van der Waals surface area contributed by atoms with Gasteiger partial charge in [0.25, 0.3) is 0 Å². The molecule has 9 nitrogen and oxygen atoms in total. The molecule has 4 unspecified atom stereocenters. The molecule has 0 aromatic rings. The minimum Gasteiger partial charge on any atom is -0.393 e. The van der Waals surface area contributed by atoms with Crippen molar-refractivity contribution in [2.75, 3.05) is 19.8 Å². The van der Waals surface area contributed by atoms with Gasteiger partial charge in [-0.05, 0) is 38.5 Å². The first kappa shape index (κ1) is 44.2. The molecule has 0 aliphatic heterocycles. The van der Waals surface area contributed by atoms with E-state index in [4.69, 9.17) is 14.8 Å². The maximum atomic E-state index is 12.7. The first-order valence-corrected chi connectivity index (χ1v) is 19.9. The number of allylic oxidation sites excluding steroid dienone is 2. The Bertz CT molecular complexity index is 741. The predicted molar refractivity (Wildman–Crippen MR) is 186 cm³/mol. The van der Waals surface area contributed by atoms with Gasteiger partial charge in [-0.15, -0.1) is 0 Å². The zero-order valence-corrected chi connectivity index (χ0v) is 29.9. The van der Waals surface area contributed by atoms with Crippen LogP contribution in [0.15, 0.2) is 12.2 Å². The number of nitrogens with two attached hydrogens (primary N) is 1. The topological polar surface area (TPSA) is 151 Å². The highest BCUT2D eigenvalue weighted by Crippen LogP contribution is 2.43. The molecule has 0 rings (SSSR count). The summed E-state index contributed by atoms with van der Waals surface area (Å²) in [6.07, 6.45) is 28.4. The summed E-state index contributed by atoms with van der Waals surface area (Å²) >= 11 is 0. The van der Waals surface area contributed by atoms with Gasteiger partial charge in [0.05, 0.1) is 37.9 Å². The second-order valence-electron chi connectivity index (χ2n) is 12.6. The lowest BCUT2D eigenvalue weighted by Crippen LogP contribution is -2.47. The third-order valence-corrected chi connectivity index (χ3v) is 9.16. The Hall–Kier alpha value is -0.800. The Kier molecular flexibility index (Phi) is 31.2. The van der Waals surface area contributed by atoms with Gasteiger partial charge in [-0.2, -0.15) is 0 Å². The highest BCUT2D eigenvalue weighted by atomic mass is 31.2. The zero-order valence-electron chi connectivity index (χ0n) is 29.0. The van der Waals surface area contributed by atoms with E-state index in [9.17, 15) is 24.5 Å². The van der Waals surface area contributed by atoms with Crippen molar-refractivity contribution in [3.8, 4) is 0 Å². The molecule has 0 aliphatic rings. The summed E-state index contributed by atoms with van der Waals surface area (Å²) in [7, 11) is -4.36. The minimum absolute atomic E-state index is 0.0593. The summed E-state index contributed by atoms with van der Waals surface area (Å²) in [5, 5.41) is 23.9. The maximum Gasteiger partial charge on any atom is 0.472 e. The standard InChI is InChI=1S/C35H71N2O7P/c1-3-5-7-9-11-13-14-15-16-17-18-19-20-22-24-26-32(38)30-35(40)37-33(31-44-45(41,42)43-29-28-36)34(39)27-25-23-21-12-10-8-6-4-2/h15-16,32-34,38-39H,3-14,17-31,36H2,1-2H3,(H,37,40)(H,41,42)/b16-15-. The fourth-order valence-corrected chi connectivity index (χ4v) is 6.11. The average molecular weight is 663 g/mol. The third-order valence-electron chi connectivity index (χ3n) is 8.17. The normalized spacial score (nSPS) is 15.2. The molecule has 10 heteroatoms. The number of nitrogens with one attached hydrogen (secondary N) is 1. The van der Waals surface area contributed by atoms with Crippen LogP contribution in [0.2, 0.25) is 0 Å². The van der Waals surface area contributed by atoms with E-state index < -0.39 is 32.0 Å². The molecule has 0 bridgehead atoms. The van der Waals surface area contributed by atoms with E-state index in [1.54, 1.807) is 0 Å². The largest absolute Gasteiger partial charge is 0.472 e. The molecule has 0 spiro atoms. The molecule has 0 aromatic heterocycles. The van der Waals surface area contributed by atoms with Crippen LogP contribution < -0.4 is 11.1 Å². The van der Waals surface area contributed by atoms with Gasteiger partial charge in [0.15, 0.2) is 0 Å². The van der Waals surface area contributed by atoms with Gasteiger partial charge in [-0.25, -0.2) is 4.57 Å². The van der Waals surface area contributed by atoms with Crippen LogP contribution in [0.4, 0.5) is 0 Å². The number of aliphatic hydroxyl groups is 2. The van der Waals surface area contributed by atoms with Crippen LogP contribution in [-0.4, -0.2) is 59.0 Å². The molecule has 0 fully saturated rings. The van der Waals surface area contributed by atoms with Crippen LogP contribution in [-0.2, 0) is 18.4 Å². The molecule has 6 N–H and O–H groups in total. The lowest BCUT2D eigenvalue weighted by Gasteiger charge is -2.25. The molecule has 268 valence electrons. The van der Waals surface area contributed by atoms with Gasteiger partial charge in [-0.3, -0.25) is 13.8 Å². The molecular weight excluding hydrogens is 591 g/mol. The smallest absolute Gasteiger partial charge is 0.393 e. The Morgan fingerprint density at radius 3 is 1.71 bits per heavy atom. The van der Waals surface area contributed by atoms with E-state index in [0.717, 1.165) is 44.9 Å². The minimum atomic E-state index is -4.36. The number of carbonyl (C=O) groups is 1. The Morgan fingerprint density at radius 1 is 0.733 bits per heavy atom. The van der Waals surface area contributed by atoms with E-state index in [-0.39, 0.29) is 26.2 Å². The van der Waals surface area contributed by atoms with Crippen molar-refractivity contribution >= 4 is 13.7 Å². The molecule has 0 aromatic carbocycles. The van der Waals surface area contributed by atoms with Crippen LogP contribution in [0.3, 0.4) is 0 Å². The summed E-state index contributed by atoms with van der Waals surface area (Å²) in [4.78, 5) is 22.6. The summed E-state index contributed by atoms with van der Waals surface area (Å²) in [6.45, 7) is 3.98. The van der Waals surface area contributed by atoms with Gasteiger partial charge < -0.3 is 26.2 Å². The van der Waals surface area contributed by atoms with Crippen LogP contribution in [0.25, 0.3) is 0 Å². The Morgan fingerprint density at radius 2 is 1.20 bits per heavy atom. The van der Waals surface area contributed by atoms with Gasteiger partial charge >= 0.3 is 7.82 Å². The highest BCUT2D eigenvalue weighted by molar-refractivity contribution is 7.47. The van der Waals surface area contributed by atoms with Crippen LogP contribution in [0, 0.1) is 0 Å². The molecular formula is C35H71N2O7P. The average Bonchev–Trinajstić information content (AvgIpc) is 3.01. The number of amides is 1. The molecule has 0 saturated heterocycles. The second-order valence-corrected chi connectivity index (χ2v) is 14.1. The lowest BCUT2D eigenvalue weighted by atomic mass is 10.0. The third kappa shape index (κ3) is 30.3. The van der Waals surface area contributed by atoms with Gasteiger partial charge in [0.2, 0.25) is 5.91 Å². The van der Waals surface area contributed by atoms with Crippen LogP contribution in [0.1, 0.15) is 168 Å². The van der Waals surface area contributed by atoms with Crippen molar-refractivity contribution < 1.29 is 33.5 Å². The number of phosphoric acid groups is 1. The number of phosphoric ester groups is 1. The van der Waals surface area contributed by atoms with Crippen molar-refractivity contribution in [3.63, 3.8) is 0 Å². The van der Waals surface area contributed by atoms with Crippen molar-refractivity contribution in [1.29, 1.82) is 0 Å². The highest BCUT2D eigenvalue weighted by Gasteiger charge is 2.28. The Labute approximate surface area is 276 Å². The van der Waals surface area contributed by atoms with E-state index in [2.05, 4.69) is 31.3 Å². The van der Waals surface area contributed by atoms with Gasteiger partial charge in [0.1, 0.15) is 0 Å². The van der Waals surface area contributed by atoms with Gasteiger partial charge in [0, 0.05) is 6.54 Å². The zero-order chi connectivity index (χ0) is 33.4.